The van der Waals surface area contributed by atoms with Crippen LogP contribution in [0.15, 0.2) is 48.5 Å². The first kappa shape index (κ1) is 26.2. The van der Waals surface area contributed by atoms with Gasteiger partial charge in [-0.2, -0.15) is 0 Å². The lowest BCUT2D eigenvalue weighted by Crippen LogP contribution is -2.41. The SMILES string of the molecule is CC(=O)Oc1ccccc1C(=O)N(CCCCNCC1Cc2ccccc2O1)C(=O)OC(C)(C)C. The van der Waals surface area contributed by atoms with E-state index in [-0.39, 0.29) is 24.0 Å². The van der Waals surface area contributed by atoms with Crippen molar-refractivity contribution in [3.8, 4) is 11.5 Å². The van der Waals surface area contributed by atoms with Crippen LogP contribution in [0.5, 0.6) is 11.5 Å². The lowest BCUT2D eigenvalue weighted by Gasteiger charge is -2.26. The minimum absolute atomic E-state index is 0.102. The number of carbonyl (C=O) groups is 3. The molecule has 0 saturated carbocycles. The van der Waals surface area contributed by atoms with Crippen molar-refractivity contribution in [2.75, 3.05) is 19.6 Å². The smallest absolute Gasteiger partial charge is 0.417 e. The van der Waals surface area contributed by atoms with Crippen molar-refractivity contribution >= 4 is 18.0 Å². The fourth-order valence-electron chi connectivity index (χ4n) is 3.78. The molecule has 1 unspecified atom stereocenters. The predicted molar refractivity (Wildman–Crippen MR) is 132 cm³/mol. The number of unbranched alkanes of at least 4 members (excludes halogenated alkanes) is 1. The summed E-state index contributed by atoms with van der Waals surface area (Å²) >= 11 is 0. The third kappa shape index (κ3) is 7.82. The summed E-state index contributed by atoms with van der Waals surface area (Å²) in [5.74, 6) is -0.0618. The summed E-state index contributed by atoms with van der Waals surface area (Å²) in [6.07, 6.45) is 1.58. The Bertz CT molecular complexity index is 1020. The van der Waals surface area contributed by atoms with E-state index >= 15 is 0 Å². The van der Waals surface area contributed by atoms with E-state index in [0.717, 1.165) is 36.6 Å². The Morgan fingerprint density at radius 3 is 2.49 bits per heavy atom. The molecule has 0 aliphatic carbocycles. The Labute approximate surface area is 206 Å². The van der Waals surface area contributed by atoms with Crippen LogP contribution in [-0.2, 0) is 16.0 Å². The Morgan fingerprint density at radius 2 is 1.77 bits per heavy atom. The van der Waals surface area contributed by atoms with Crippen LogP contribution in [0.2, 0.25) is 0 Å². The highest BCUT2D eigenvalue weighted by Crippen LogP contribution is 2.27. The largest absolute Gasteiger partial charge is 0.488 e. The van der Waals surface area contributed by atoms with Crippen molar-refractivity contribution in [2.45, 2.75) is 58.7 Å². The van der Waals surface area contributed by atoms with Gasteiger partial charge in [-0.3, -0.25) is 9.59 Å². The van der Waals surface area contributed by atoms with E-state index in [1.54, 1.807) is 32.9 Å². The average molecular weight is 483 g/mol. The summed E-state index contributed by atoms with van der Waals surface area (Å²) in [5.41, 5.74) is 0.593. The highest BCUT2D eigenvalue weighted by molar-refractivity contribution is 6.05. The molecule has 0 spiro atoms. The maximum Gasteiger partial charge on any atom is 0.417 e. The number of esters is 1. The number of rotatable bonds is 9. The van der Waals surface area contributed by atoms with Gasteiger partial charge in [0.15, 0.2) is 0 Å². The fraction of sp³-hybridized carbons (Fsp3) is 0.444. The highest BCUT2D eigenvalue weighted by atomic mass is 16.6. The number of fused-ring (bicyclic) bond motifs is 1. The van der Waals surface area contributed by atoms with Crippen LogP contribution in [0.3, 0.4) is 0 Å². The molecule has 0 aromatic heterocycles. The van der Waals surface area contributed by atoms with Crippen LogP contribution >= 0.6 is 0 Å². The number of carbonyl (C=O) groups excluding carboxylic acids is 3. The number of hydrogen-bond acceptors (Lipinski definition) is 7. The number of nitrogens with zero attached hydrogens (tertiary/aromatic N) is 1. The van der Waals surface area contributed by atoms with E-state index < -0.39 is 23.6 Å². The van der Waals surface area contributed by atoms with Crippen LogP contribution in [0.1, 0.15) is 56.5 Å². The molecule has 2 aromatic carbocycles. The molecule has 0 bridgehead atoms. The molecule has 0 radical (unpaired) electrons. The minimum Gasteiger partial charge on any atom is -0.488 e. The van der Waals surface area contributed by atoms with Crippen molar-refractivity contribution < 1.29 is 28.6 Å². The topological polar surface area (TPSA) is 94.2 Å². The number of nitrogens with one attached hydrogen (secondary N) is 1. The molecule has 0 saturated heterocycles. The lowest BCUT2D eigenvalue weighted by molar-refractivity contribution is -0.131. The number of hydrogen-bond donors (Lipinski definition) is 1. The first-order chi connectivity index (χ1) is 16.6. The maximum absolute atomic E-state index is 13.3. The van der Waals surface area contributed by atoms with Crippen molar-refractivity contribution in [3.05, 3.63) is 59.7 Å². The normalized spacial score (nSPS) is 14.6. The van der Waals surface area contributed by atoms with Gasteiger partial charge >= 0.3 is 12.1 Å². The van der Waals surface area contributed by atoms with Crippen LogP contribution in [-0.4, -0.2) is 54.2 Å². The van der Waals surface area contributed by atoms with E-state index in [1.165, 1.54) is 24.6 Å². The molecule has 1 aliphatic rings. The molecule has 1 atom stereocenters. The first-order valence-electron chi connectivity index (χ1n) is 11.9. The Balaban J connectivity index is 1.54. The number of benzene rings is 2. The van der Waals surface area contributed by atoms with Gasteiger partial charge in [0.05, 0.1) is 5.56 Å². The first-order valence-corrected chi connectivity index (χ1v) is 11.9. The molecule has 8 nitrogen and oxygen atoms in total. The van der Waals surface area contributed by atoms with Gasteiger partial charge < -0.3 is 19.5 Å². The van der Waals surface area contributed by atoms with Gasteiger partial charge in [-0.25, -0.2) is 9.69 Å². The summed E-state index contributed by atoms with van der Waals surface area (Å²) in [6.45, 7) is 8.11. The second-order valence-corrected chi connectivity index (χ2v) is 9.49. The lowest BCUT2D eigenvalue weighted by atomic mass is 10.1. The van der Waals surface area contributed by atoms with Crippen molar-refractivity contribution in [2.24, 2.45) is 0 Å². The summed E-state index contributed by atoms with van der Waals surface area (Å²) in [5, 5.41) is 3.39. The molecular weight excluding hydrogens is 448 g/mol. The van der Waals surface area contributed by atoms with Crippen LogP contribution in [0.4, 0.5) is 4.79 Å². The molecular formula is C27H34N2O6. The number of imide groups is 1. The fourth-order valence-corrected chi connectivity index (χ4v) is 3.78. The van der Waals surface area contributed by atoms with Gasteiger partial charge in [-0.15, -0.1) is 0 Å². The second-order valence-electron chi connectivity index (χ2n) is 9.49. The van der Waals surface area contributed by atoms with Crippen LogP contribution in [0, 0.1) is 0 Å². The van der Waals surface area contributed by atoms with E-state index in [4.69, 9.17) is 14.2 Å². The Kier molecular flexibility index (Phi) is 8.87. The zero-order valence-electron chi connectivity index (χ0n) is 20.8. The van der Waals surface area contributed by atoms with Crippen LogP contribution in [0.25, 0.3) is 0 Å². The zero-order valence-corrected chi connectivity index (χ0v) is 20.8. The van der Waals surface area contributed by atoms with Crippen LogP contribution < -0.4 is 14.8 Å². The van der Waals surface area contributed by atoms with Crippen molar-refractivity contribution in [1.82, 2.24) is 10.2 Å². The minimum atomic E-state index is -0.759. The Morgan fingerprint density at radius 1 is 1.06 bits per heavy atom. The quantitative estimate of drug-likeness (QED) is 0.322. The molecule has 1 heterocycles. The molecule has 8 heteroatoms. The van der Waals surface area contributed by atoms with E-state index in [1.807, 2.05) is 18.2 Å². The van der Waals surface area contributed by atoms with E-state index in [2.05, 4.69) is 11.4 Å². The molecule has 2 aromatic rings. The second kappa shape index (κ2) is 11.8. The third-order valence-electron chi connectivity index (χ3n) is 5.30. The van der Waals surface area contributed by atoms with E-state index in [0.29, 0.717) is 6.42 Å². The predicted octanol–water partition coefficient (Wildman–Crippen LogP) is 4.36. The van der Waals surface area contributed by atoms with Crippen molar-refractivity contribution in [3.63, 3.8) is 0 Å². The standard InChI is InChI=1S/C27H34N2O6/c1-19(30)33-24-14-8-6-12-22(24)25(31)29(26(32)35-27(2,3)4)16-10-9-15-28-18-21-17-20-11-5-7-13-23(20)34-21/h5-8,11-14,21,28H,9-10,15-18H2,1-4H3. The summed E-state index contributed by atoms with van der Waals surface area (Å²) in [7, 11) is 0. The van der Waals surface area contributed by atoms with Gasteiger partial charge in [0.2, 0.25) is 0 Å². The summed E-state index contributed by atoms with van der Waals surface area (Å²) in [6, 6.07) is 14.4. The number of ether oxygens (including phenoxy) is 3. The van der Waals surface area contributed by atoms with Gasteiger partial charge in [-0.1, -0.05) is 30.3 Å². The van der Waals surface area contributed by atoms with Gasteiger partial charge in [0.1, 0.15) is 23.2 Å². The van der Waals surface area contributed by atoms with Gasteiger partial charge in [-0.05, 0) is 63.9 Å². The molecule has 3 rings (SSSR count). The third-order valence-corrected chi connectivity index (χ3v) is 5.30. The van der Waals surface area contributed by atoms with E-state index in [9.17, 15) is 14.4 Å². The number of para-hydroxylation sites is 2. The molecule has 188 valence electrons. The molecule has 0 fully saturated rings. The van der Waals surface area contributed by atoms with Crippen molar-refractivity contribution in [1.29, 1.82) is 0 Å². The summed E-state index contributed by atoms with van der Waals surface area (Å²) < 4.78 is 16.6. The maximum atomic E-state index is 13.3. The Hall–Kier alpha value is -3.39. The van der Waals surface area contributed by atoms with Gasteiger partial charge in [0.25, 0.3) is 5.91 Å². The monoisotopic (exact) mass is 482 g/mol. The summed E-state index contributed by atoms with van der Waals surface area (Å²) in [4.78, 5) is 38.7. The number of amides is 2. The highest BCUT2D eigenvalue weighted by Gasteiger charge is 2.29. The zero-order chi connectivity index (χ0) is 25.4. The molecule has 35 heavy (non-hydrogen) atoms. The average Bonchev–Trinajstić information content (AvgIpc) is 3.20. The van der Waals surface area contributed by atoms with Gasteiger partial charge in [0, 0.05) is 26.4 Å². The molecule has 1 N–H and O–H groups in total. The molecule has 2 amide bonds. The molecule has 1 aliphatic heterocycles.